The number of ether oxygens (including phenoxy) is 1. The molecule has 2 amide bonds. The molecule has 2 N–H and O–H groups in total. The molecule has 0 spiro atoms. The quantitative estimate of drug-likeness (QED) is 0.286. The van der Waals surface area contributed by atoms with Gasteiger partial charge in [-0.25, -0.2) is 18.1 Å². The Bertz CT molecular complexity index is 1530. The normalized spacial score (nSPS) is 13.6. The van der Waals surface area contributed by atoms with Crippen molar-refractivity contribution in [2.45, 2.75) is 18.2 Å². The zero-order valence-electron chi connectivity index (χ0n) is 19.6. The molecule has 196 valence electrons. The number of hydrogen-bond donors (Lipinski definition) is 2. The molecule has 0 radical (unpaired) electrons. The second-order valence-corrected chi connectivity index (χ2v) is 10.3. The smallest absolute Gasteiger partial charge is 0.338 e. The number of esters is 1. The number of nitrogens with zero attached hydrogens (tertiary/aromatic N) is 3. The van der Waals surface area contributed by atoms with E-state index in [1.807, 2.05) is 6.92 Å². The second kappa shape index (κ2) is 11.2. The second-order valence-electron chi connectivity index (χ2n) is 7.81. The fraction of sp³-hybridized carbons (Fsp3) is 0.125. The van der Waals surface area contributed by atoms with Crippen molar-refractivity contribution in [1.29, 1.82) is 0 Å². The van der Waals surface area contributed by atoms with Crippen LogP contribution in [-0.2, 0) is 24.3 Å². The van der Waals surface area contributed by atoms with Gasteiger partial charge in [-0.3, -0.25) is 14.3 Å². The first-order valence-electron chi connectivity index (χ1n) is 11.1. The molecule has 1 aliphatic rings. The number of aromatic nitrogens is 2. The van der Waals surface area contributed by atoms with Gasteiger partial charge in [-0.2, -0.15) is 0 Å². The topological polar surface area (TPSA) is 148 Å². The van der Waals surface area contributed by atoms with E-state index in [0.717, 1.165) is 4.90 Å². The molecule has 0 unspecified atom stereocenters. The van der Waals surface area contributed by atoms with Gasteiger partial charge < -0.3 is 10.1 Å². The van der Waals surface area contributed by atoms with E-state index in [-0.39, 0.29) is 44.5 Å². The lowest BCUT2D eigenvalue weighted by molar-refractivity contribution is -0.120. The summed E-state index contributed by atoms with van der Waals surface area (Å²) < 4.78 is 32.6. The molecule has 2 aromatic carbocycles. The monoisotopic (exact) mass is 575 g/mol. The summed E-state index contributed by atoms with van der Waals surface area (Å²) in [5, 5.41) is 9.76. The first kappa shape index (κ1) is 27.0. The zero-order chi connectivity index (χ0) is 27.4. The lowest BCUT2D eigenvalue weighted by atomic mass is 10.2. The van der Waals surface area contributed by atoms with Crippen LogP contribution in [0.5, 0.6) is 0 Å². The van der Waals surface area contributed by atoms with Crippen molar-refractivity contribution < 1.29 is 27.5 Å². The largest absolute Gasteiger partial charge is 0.462 e. The van der Waals surface area contributed by atoms with Gasteiger partial charge in [-0.1, -0.05) is 30.1 Å². The average Bonchev–Trinajstić information content (AvgIpc) is 3.11. The van der Waals surface area contributed by atoms with Crippen molar-refractivity contribution in [3.8, 4) is 0 Å². The Morgan fingerprint density at radius 3 is 2.24 bits per heavy atom. The van der Waals surface area contributed by atoms with E-state index in [1.165, 1.54) is 60.7 Å². The van der Waals surface area contributed by atoms with E-state index < -0.39 is 27.8 Å². The minimum atomic E-state index is -3.98. The van der Waals surface area contributed by atoms with Gasteiger partial charge in [0.05, 0.1) is 22.8 Å². The number of carbonyl (C=O) groups is 3. The lowest BCUT2D eigenvalue weighted by Gasteiger charge is -2.15. The maximum atomic E-state index is 13.0. The molecular weight excluding hydrogens is 557 g/mol. The highest BCUT2D eigenvalue weighted by atomic mass is 35.5. The number of hydrogen-bond acceptors (Lipinski definition) is 9. The molecular formula is C24H19Cl2N5O6S. The van der Waals surface area contributed by atoms with Crippen LogP contribution in [0.1, 0.15) is 23.7 Å². The average molecular weight is 576 g/mol. The molecule has 0 aliphatic carbocycles. The molecule has 11 nitrogen and oxygen atoms in total. The van der Waals surface area contributed by atoms with Crippen LogP contribution in [0.25, 0.3) is 0 Å². The van der Waals surface area contributed by atoms with Crippen LogP contribution in [0.15, 0.2) is 76.3 Å². The number of carbonyl (C=O) groups excluding carboxylic acids is 3. The molecule has 0 atom stereocenters. The molecule has 0 bridgehead atoms. The molecule has 1 aliphatic heterocycles. The third-order valence-electron chi connectivity index (χ3n) is 5.13. The van der Waals surface area contributed by atoms with Crippen molar-refractivity contribution in [2.24, 2.45) is 0 Å². The summed E-state index contributed by atoms with van der Waals surface area (Å²) >= 11 is 11.8. The molecule has 0 saturated heterocycles. The number of nitrogens with one attached hydrogen (secondary N) is 2. The summed E-state index contributed by atoms with van der Waals surface area (Å²) in [4.78, 5) is 38.5. The maximum absolute atomic E-state index is 13.0. The first-order valence-corrected chi connectivity index (χ1v) is 13.3. The van der Waals surface area contributed by atoms with E-state index in [9.17, 15) is 22.8 Å². The standard InChI is InChI=1S/C24H19Cl2N5O6S/c1-2-13-37-24(34)14-3-7-16(8-4-14)31-22(32)20(26)21(23(31)33)27-15-5-9-17(10-6-15)38(35,36)30-19-12-11-18(25)28-29-19/h3-12,27H,2,13H2,1H3,(H,29,30). The molecule has 1 aromatic heterocycles. The minimum absolute atomic E-state index is 0.0189. The van der Waals surface area contributed by atoms with E-state index in [1.54, 1.807) is 0 Å². The molecule has 38 heavy (non-hydrogen) atoms. The van der Waals surface area contributed by atoms with Crippen molar-refractivity contribution >= 4 is 68.2 Å². The van der Waals surface area contributed by atoms with E-state index in [0.29, 0.717) is 12.1 Å². The van der Waals surface area contributed by atoms with Gasteiger partial charge >= 0.3 is 5.97 Å². The Morgan fingerprint density at radius 2 is 1.63 bits per heavy atom. The molecule has 0 fully saturated rings. The summed E-state index contributed by atoms with van der Waals surface area (Å²) in [6.45, 7) is 2.15. The van der Waals surface area contributed by atoms with Crippen LogP contribution in [-0.4, -0.2) is 43.0 Å². The first-order chi connectivity index (χ1) is 18.1. The van der Waals surface area contributed by atoms with Crippen LogP contribution >= 0.6 is 23.2 Å². The highest BCUT2D eigenvalue weighted by Crippen LogP contribution is 2.30. The predicted molar refractivity (Wildman–Crippen MR) is 140 cm³/mol. The van der Waals surface area contributed by atoms with Crippen molar-refractivity contribution in [3.63, 3.8) is 0 Å². The van der Waals surface area contributed by atoms with Gasteiger partial charge in [0.2, 0.25) is 0 Å². The highest BCUT2D eigenvalue weighted by molar-refractivity contribution is 7.92. The Morgan fingerprint density at radius 1 is 0.947 bits per heavy atom. The maximum Gasteiger partial charge on any atom is 0.338 e. The number of halogens is 2. The molecule has 2 heterocycles. The van der Waals surface area contributed by atoms with Gasteiger partial charge in [0, 0.05) is 5.69 Å². The molecule has 14 heteroatoms. The third-order valence-corrected chi connectivity index (χ3v) is 7.05. The predicted octanol–water partition coefficient (Wildman–Crippen LogP) is 3.93. The molecule has 0 saturated carbocycles. The van der Waals surface area contributed by atoms with Crippen molar-refractivity contribution in [3.05, 3.63) is 82.1 Å². The van der Waals surface area contributed by atoms with Crippen molar-refractivity contribution in [1.82, 2.24) is 10.2 Å². The zero-order valence-corrected chi connectivity index (χ0v) is 22.0. The fourth-order valence-electron chi connectivity index (χ4n) is 3.30. The number of rotatable bonds is 9. The van der Waals surface area contributed by atoms with E-state index in [2.05, 4.69) is 20.2 Å². The Labute approximate surface area is 227 Å². The molecule has 3 aromatic rings. The summed E-state index contributed by atoms with van der Waals surface area (Å²) in [5.41, 5.74) is 0.597. The van der Waals surface area contributed by atoms with Crippen LogP contribution < -0.4 is 14.9 Å². The van der Waals surface area contributed by atoms with Gasteiger partial charge in [0.15, 0.2) is 11.0 Å². The van der Waals surface area contributed by atoms with Crippen molar-refractivity contribution in [2.75, 3.05) is 21.5 Å². The Kier molecular flexibility index (Phi) is 7.95. The number of amides is 2. The molecule has 4 rings (SSSR count). The van der Waals surface area contributed by atoms with Crippen LogP contribution in [0.2, 0.25) is 5.15 Å². The van der Waals surface area contributed by atoms with Gasteiger partial charge in [-0.15, -0.1) is 10.2 Å². The number of benzene rings is 2. The number of imide groups is 1. The Hall–Kier alpha value is -4.00. The SMILES string of the molecule is CCCOC(=O)c1ccc(N2C(=O)C(Cl)=C(Nc3ccc(S(=O)(=O)Nc4ccc(Cl)nn4)cc3)C2=O)cc1. The lowest BCUT2D eigenvalue weighted by Crippen LogP contribution is -2.32. The summed E-state index contributed by atoms with van der Waals surface area (Å²) in [6, 6.07) is 13.9. The fourth-order valence-corrected chi connectivity index (χ4v) is 4.61. The highest BCUT2D eigenvalue weighted by Gasteiger charge is 2.39. The number of sulfonamides is 1. The third kappa shape index (κ3) is 5.77. The Balaban J connectivity index is 1.47. The number of anilines is 3. The van der Waals surface area contributed by atoms with Gasteiger partial charge in [0.25, 0.3) is 21.8 Å². The minimum Gasteiger partial charge on any atom is -0.462 e. The van der Waals surface area contributed by atoms with Crippen LogP contribution in [0.4, 0.5) is 17.2 Å². The summed E-state index contributed by atoms with van der Waals surface area (Å²) in [6.07, 6.45) is 0.675. The van der Waals surface area contributed by atoms with E-state index >= 15 is 0 Å². The van der Waals surface area contributed by atoms with Crippen LogP contribution in [0, 0.1) is 0 Å². The van der Waals surface area contributed by atoms with E-state index in [4.69, 9.17) is 27.9 Å². The van der Waals surface area contributed by atoms with Crippen LogP contribution in [0.3, 0.4) is 0 Å². The van der Waals surface area contributed by atoms with Gasteiger partial charge in [0.1, 0.15) is 10.7 Å². The summed E-state index contributed by atoms with van der Waals surface area (Å²) in [7, 11) is -3.98. The summed E-state index contributed by atoms with van der Waals surface area (Å²) in [5.74, 6) is -2.01. The van der Waals surface area contributed by atoms with Gasteiger partial charge in [-0.05, 0) is 67.1 Å².